The summed E-state index contributed by atoms with van der Waals surface area (Å²) in [7, 11) is 0. The van der Waals surface area contributed by atoms with Crippen molar-refractivity contribution in [1.82, 2.24) is 5.43 Å². The van der Waals surface area contributed by atoms with Crippen molar-refractivity contribution in [2.24, 2.45) is 21.2 Å². The van der Waals surface area contributed by atoms with Crippen LogP contribution in [0.25, 0.3) is 0 Å². The van der Waals surface area contributed by atoms with E-state index in [2.05, 4.69) is 65.8 Å². The summed E-state index contributed by atoms with van der Waals surface area (Å²) in [6.07, 6.45) is 2.24. The highest BCUT2D eigenvalue weighted by molar-refractivity contribution is 5.87. The molecule has 2 N–H and O–H groups in total. The molecule has 0 saturated heterocycles. The zero-order chi connectivity index (χ0) is 25.2. The summed E-state index contributed by atoms with van der Waals surface area (Å²) in [5.74, 6) is 0.0775. The van der Waals surface area contributed by atoms with E-state index >= 15 is 0 Å². The Kier molecular flexibility index (Phi) is 6.83. The average Bonchev–Trinajstić information content (AvgIpc) is 3.62. The van der Waals surface area contributed by atoms with Crippen LogP contribution < -0.4 is 5.43 Å². The Morgan fingerprint density at radius 1 is 0.943 bits per heavy atom. The van der Waals surface area contributed by atoms with E-state index in [9.17, 15) is 9.90 Å². The molecule has 4 rings (SSSR count). The lowest BCUT2D eigenvalue weighted by molar-refractivity contribution is -0.122. The molecule has 0 aromatic heterocycles. The molecule has 0 radical (unpaired) electrons. The zero-order valence-electron chi connectivity index (χ0n) is 20.9. The first-order valence-corrected chi connectivity index (χ1v) is 11.9. The van der Waals surface area contributed by atoms with Gasteiger partial charge in [0.15, 0.2) is 0 Å². The van der Waals surface area contributed by atoms with Gasteiger partial charge in [-0.2, -0.15) is 15.3 Å². The number of hydrogen-bond donors (Lipinski definition) is 2. The third-order valence-corrected chi connectivity index (χ3v) is 6.49. The van der Waals surface area contributed by atoms with Gasteiger partial charge < -0.3 is 5.11 Å². The third kappa shape index (κ3) is 6.01. The Balaban J connectivity index is 1.35. The van der Waals surface area contributed by atoms with Crippen molar-refractivity contribution in [3.05, 3.63) is 88.5 Å². The number of phenolic OH excluding ortho intramolecular Hbond substituents is 1. The van der Waals surface area contributed by atoms with Gasteiger partial charge in [0.25, 0.3) is 0 Å². The van der Waals surface area contributed by atoms with Gasteiger partial charge in [0.1, 0.15) is 5.75 Å². The molecular weight excluding hydrogens is 436 g/mol. The molecule has 1 aliphatic carbocycles. The number of benzene rings is 3. The fourth-order valence-electron chi connectivity index (χ4n) is 3.94. The Labute approximate surface area is 206 Å². The topological polar surface area (TPSA) is 86.4 Å². The highest BCUT2D eigenvalue weighted by Gasteiger charge is 2.44. The summed E-state index contributed by atoms with van der Waals surface area (Å²) in [6.45, 7) is 10.6. The minimum absolute atomic E-state index is 0.0522. The quantitative estimate of drug-likeness (QED) is 0.232. The molecule has 3 aromatic carbocycles. The maximum absolute atomic E-state index is 12.5. The lowest BCUT2D eigenvalue weighted by Gasteiger charge is -2.19. The van der Waals surface area contributed by atoms with Crippen LogP contribution >= 0.6 is 0 Å². The molecule has 0 unspecified atom stereocenters. The molecule has 3 aromatic rings. The van der Waals surface area contributed by atoms with E-state index in [1.807, 2.05) is 32.0 Å². The smallest absolute Gasteiger partial charge is 0.243 e. The van der Waals surface area contributed by atoms with Crippen LogP contribution in [-0.4, -0.2) is 17.2 Å². The van der Waals surface area contributed by atoms with Crippen LogP contribution in [0.3, 0.4) is 0 Å². The molecule has 0 bridgehead atoms. The van der Waals surface area contributed by atoms with Gasteiger partial charge in [-0.05, 0) is 84.2 Å². The molecule has 1 amide bonds. The van der Waals surface area contributed by atoms with Crippen LogP contribution in [0.1, 0.15) is 60.9 Å². The summed E-state index contributed by atoms with van der Waals surface area (Å²) in [5, 5.41) is 22.8. The van der Waals surface area contributed by atoms with Crippen LogP contribution in [0.5, 0.6) is 5.75 Å². The molecule has 0 aliphatic heterocycles. The number of azo groups is 1. The number of carbonyl (C=O) groups is 1. The van der Waals surface area contributed by atoms with Gasteiger partial charge in [-0.15, -0.1) is 0 Å². The van der Waals surface area contributed by atoms with Crippen LogP contribution in [-0.2, 0) is 10.2 Å². The number of rotatable bonds is 6. The molecule has 0 spiro atoms. The van der Waals surface area contributed by atoms with Crippen molar-refractivity contribution in [2.45, 2.75) is 52.4 Å². The molecular formula is C29H32N4O2. The number of nitrogens with one attached hydrogen (secondary N) is 1. The molecule has 6 nitrogen and oxygen atoms in total. The van der Waals surface area contributed by atoms with E-state index in [0.29, 0.717) is 11.3 Å². The van der Waals surface area contributed by atoms with Crippen molar-refractivity contribution in [1.29, 1.82) is 0 Å². The highest BCUT2D eigenvalue weighted by atomic mass is 16.3. The van der Waals surface area contributed by atoms with Crippen molar-refractivity contribution in [3.8, 4) is 5.75 Å². The predicted molar refractivity (Wildman–Crippen MR) is 140 cm³/mol. The lowest BCUT2D eigenvalue weighted by Crippen LogP contribution is -2.20. The molecule has 2 atom stereocenters. The summed E-state index contributed by atoms with van der Waals surface area (Å²) in [5.41, 5.74) is 9.32. The van der Waals surface area contributed by atoms with Gasteiger partial charge >= 0.3 is 0 Å². The summed E-state index contributed by atoms with van der Waals surface area (Å²) in [6, 6.07) is 19.3. The summed E-state index contributed by atoms with van der Waals surface area (Å²) < 4.78 is 0. The van der Waals surface area contributed by atoms with E-state index in [-0.39, 0.29) is 28.9 Å². The zero-order valence-corrected chi connectivity index (χ0v) is 20.9. The number of carbonyl (C=O) groups excluding carboxylic acids is 1. The number of nitrogens with zero attached hydrogens (tertiary/aromatic N) is 3. The summed E-state index contributed by atoms with van der Waals surface area (Å²) in [4.78, 5) is 12.5. The van der Waals surface area contributed by atoms with Crippen LogP contribution in [0.15, 0.2) is 76.0 Å². The van der Waals surface area contributed by atoms with Crippen molar-refractivity contribution >= 4 is 23.5 Å². The van der Waals surface area contributed by atoms with Crippen LogP contribution in [0.4, 0.5) is 11.4 Å². The highest BCUT2D eigenvalue weighted by Crippen LogP contribution is 2.47. The van der Waals surface area contributed by atoms with Gasteiger partial charge in [-0.3, -0.25) is 4.79 Å². The summed E-state index contributed by atoms with van der Waals surface area (Å²) >= 11 is 0. The number of aromatic hydroxyl groups is 1. The molecule has 6 heteroatoms. The molecule has 1 aliphatic rings. The number of hydrogen-bond acceptors (Lipinski definition) is 5. The first-order valence-electron chi connectivity index (χ1n) is 11.9. The molecule has 180 valence electrons. The van der Waals surface area contributed by atoms with Crippen molar-refractivity contribution in [3.63, 3.8) is 0 Å². The first-order chi connectivity index (χ1) is 16.6. The standard InChI is InChI=1S/C29H32N4O2/c1-18-6-11-23(14-19(18)2)31-32-24-12-13-27(34)21(15-24)17-30-33-28(35)26-16-25(26)20-7-9-22(10-8-20)29(3,4)5/h6-15,17,25-26,34H,16H2,1-5H3,(H,33,35)/b30-17+,32-31?/t25-,26+/m1/s1. The third-order valence-electron chi connectivity index (χ3n) is 6.49. The number of phenols is 1. The molecule has 1 saturated carbocycles. The second-order valence-corrected chi connectivity index (χ2v) is 10.3. The SMILES string of the molecule is Cc1ccc(N=Nc2ccc(O)c(/C=N/NC(=O)[C@H]3C[C@@H]3c3ccc(C(C)(C)C)cc3)c2)cc1C. The van der Waals surface area contributed by atoms with Gasteiger partial charge in [-0.25, -0.2) is 5.43 Å². The number of amides is 1. The first kappa shape index (κ1) is 24.3. The average molecular weight is 469 g/mol. The van der Waals surface area contributed by atoms with E-state index in [4.69, 9.17) is 0 Å². The largest absolute Gasteiger partial charge is 0.507 e. The normalized spacial score (nSPS) is 17.7. The molecule has 0 heterocycles. The maximum Gasteiger partial charge on any atom is 0.243 e. The Hall–Kier alpha value is -3.80. The van der Waals surface area contributed by atoms with Crippen molar-refractivity contribution < 1.29 is 9.90 Å². The molecule has 35 heavy (non-hydrogen) atoms. The minimum atomic E-state index is -0.115. The lowest BCUT2D eigenvalue weighted by atomic mass is 9.86. The van der Waals surface area contributed by atoms with Crippen LogP contribution in [0.2, 0.25) is 0 Å². The Morgan fingerprint density at radius 3 is 2.26 bits per heavy atom. The van der Waals surface area contributed by atoms with E-state index in [1.54, 1.807) is 12.1 Å². The monoisotopic (exact) mass is 468 g/mol. The maximum atomic E-state index is 12.5. The molecule has 1 fully saturated rings. The van der Waals surface area contributed by atoms with Gasteiger partial charge in [0.2, 0.25) is 5.91 Å². The fraction of sp³-hybridized carbons (Fsp3) is 0.310. The van der Waals surface area contributed by atoms with Crippen LogP contribution in [0, 0.1) is 19.8 Å². The second-order valence-electron chi connectivity index (χ2n) is 10.3. The number of aryl methyl sites for hydroxylation is 2. The second kappa shape index (κ2) is 9.82. The van der Waals surface area contributed by atoms with E-state index in [1.165, 1.54) is 29.0 Å². The fourth-order valence-corrected chi connectivity index (χ4v) is 3.94. The van der Waals surface area contributed by atoms with Crippen molar-refractivity contribution in [2.75, 3.05) is 0 Å². The predicted octanol–water partition coefficient (Wildman–Crippen LogP) is 6.98. The Morgan fingerprint density at radius 2 is 1.60 bits per heavy atom. The van der Waals surface area contributed by atoms with E-state index < -0.39 is 0 Å². The van der Waals surface area contributed by atoms with Gasteiger partial charge in [0, 0.05) is 11.5 Å². The van der Waals surface area contributed by atoms with Gasteiger partial charge in [-0.1, -0.05) is 51.1 Å². The number of hydrazone groups is 1. The van der Waals surface area contributed by atoms with Gasteiger partial charge in [0.05, 0.1) is 17.6 Å². The Bertz CT molecular complexity index is 1290. The van der Waals surface area contributed by atoms with E-state index in [0.717, 1.165) is 17.7 Å². The minimum Gasteiger partial charge on any atom is -0.507 e.